The largest absolute Gasteiger partial charge is 0.353 e. The van der Waals surface area contributed by atoms with Gasteiger partial charge in [0, 0.05) is 19.0 Å². The fraction of sp³-hybridized carbons (Fsp3) is 0.458. The van der Waals surface area contributed by atoms with Gasteiger partial charge in [0.05, 0.1) is 10.9 Å². The van der Waals surface area contributed by atoms with E-state index in [1.807, 2.05) is 24.3 Å². The summed E-state index contributed by atoms with van der Waals surface area (Å²) in [4.78, 5) is 13.0. The van der Waals surface area contributed by atoms with Crippen molar-refractivity contribution in [2.45, 2.75) is 68.3 Å². The maximum atomic E-state index is 13.4. The summed E-state index contributed by atoms with van der Waals surface area (Å²) in [5.74, 6) is -0.602. The van der Waals surface area contributed by atoms with Gasteiger partial charge in [-0.2, -0.15) is 4.31 Å². The van der Waals surface area contributed by atoms with Crippen LogP contribution in [0.25, 0.3) is 0 Å². The maximum Gasteiger partial charge on any atom is 0.243 e. The van der Waals surface area contributed by atoms with Crippen molar-refractivity contribution in [1.82, 2.24) is 9.62 Å². The normalized spacial score (nSPS) is 20.6. The Morgan fingerprint density at radius 2 is 1.68 bits per heavy atom. The molecule has 1 amide bonds. The van der Waals surface area contributed by atoms with Crippen molar-refractivity contribution in [3.05, 3.63) is 65.5 Å². The van der Waals surface area contributed by atoms with Gasteiger partial charge in [-0.3, -0.25) is 4.79 Å². The summed E-state index contributed by atoms with van der Waals surface area (Å²) in [6, 6.07) is 12.2. The predicted molar refractivity (Wildman–Crippen MR) is 117 cm³/mol. The van der Waals surface area contributed by atoms with Crippen LogP contribution in [0, 0.1) is 5.82 Å². The highest BCUT2D eigenvalue weighted by atomic mass is 32.2. The molecule has 2 aromatic carbocycles. The molecule has 0 radical (unpaired) electrons. The summed E-state index contributed by atoms with van der Waals surface area (Å²) < 4.78 is 41.6. The third-order valence-corrected chi connectivity index (χ3v) is 8.30. The van der Waals surface area contributed by atoms with E-state index < -0.39 is 21.9 Å². The van der Waals surface area contributed by atoms with Crippen LogP contribution in [-0.2, 0) is 21.2 Å². The first-order chi connectivity index (χ1) is 14.9. The minimum absolute atomic E-state index is 0.0439. The molecule has 4 rings (SSSR count). The number of sulfonamides is 1. The predicted octanol–water partition coefficient (Wildman–Crippen LogP) is 4.34. The summed E-state index contributed by atoms with van der Waals surface area (Å²) in [5.41, 5.74) is 1.94. The van der Waals surface area contributed by atoms with E-state index in [4.69, 9.17) is 0 Å². The Balaban J connectivity index is 1.60. The van der Waals surface area contributed by atoms with Gasteiger partial charge < -0.3 is 5.32 Å². The molecule has 2 aromatic rings. The van der Waals surface area contributed by atoms with Gasteiger partial charge in [0.2, 0.25) is 15.9 Å². The standard InChI is InChI=1S/C24H29FN2O3S/c25-19-11-13-21(14-12-19)31(29,30)27-16-15-18-7-5-6-10-22(18)23(27)17-24(28)26-20-8-3-1-2-4-9-20/h5-7,10-14,20,23H,1-4,8-9,15-17H2,(H,26,28)/t23-/m1/s1. The topological polar surface area (TPSA) is 66.5 Å². The van der Waals surface area contributed by atoms with Crippen LogP contribution in [0.4, 0.5) is 4.39 Å². The molecule has 1 N–H and O–H groups in total. The van der Waals surface area contributed by atoms with Crippen molar-refractivity contribution in [2.24, 2.45) is 0 Å². The van der Waals surface area contributed by atoms with Gasteiger partial charge in [0.25, 0.3) is 0 Å². The van der Waals surface area contributed by atoms with Crippen molar-refractivity contribution in [3.63, 3.8) is 0 Å². The second-order valence-corrected chi connectivity index (χ2v) is 10.4. The molecule has 0 aromatic heterocycles. The first-order valence-electron chi connectivity index (χ1n) is 11.1. The Bertz CT molecular complexity index is 1020. The van der Waals surface area contributed by atoms with Crippen LogP contribution in [0.1, 0.15) is 62.1 Å². The second-order valence-electron chi connectivity index (χ2n) is 8.49. The van der Waals surface area contributed by atoms with Crippen LogP contribution in [0.15, 0.2) is 53.4 Å². The van der Waals surface area contributed by atoms with Gasteiger partial charge in [0.1, 0.15) is 5.82 Å². The van der Waals surface area contributed by atoms with Crippen LogP contribution < -0.4 is 5.32 Å². The Morgan fingerprint density at radius 1 is 1.00 bits per heavy atom. The SMILES string of the molecule is O=C(C[C@@H]1c2ccccc2CCN1S(=O)(=O)c1ccc(F)cc1)NC1CCCCCC1. The molecule has 0 saturated heterocycles. The number of nitrogens with one attached hydrogen (secondary N) is 1. The Hall–Kier alpha value is -2.25. The molecule has 1 heterocycles. The summed E-state index contributed by atoms with van der Waals surface area (Å²) in [7, 11) is -3.87. The highest BCUT2D eigenvalue weighted by Crippen LogP contribution is 2.36. The smallest absolute Gasteiger partial charge is 0.243 e. The molecule has 31 heavy (non-hydrogen) atoms. The number of fused-ring (bicyclic) bond motifs is 1. The summed E-state index contributed by atoms with van der Waals surface area (Å²) in [6.45, 7) is 0.290. The molecule has 1 atom stereocenters. The van der Waals surface area contributed by atoms with Crippen LogP contribution in [0.3, 0.4) is 0 Å². The molecule has 166 valence electrons. The lowest BCUT2D eigenvalue weighted by Gasteiger charge is -2.36. The molecule has 2 aliphatic rings. The quantitative estimate of drug-likeness (QED) is 0.698. The molecule has 1 saturated carbocycles. The van der Waals surface area contributed by atoms with E-state index in [2.05, 4.69) is 5.32 Å². The highest BCUT2D eigenvalue weighted by Gasteiger charge is 2.37. The van der Waals surface area contributed by atoms with E-state index in [1.54, 1.807) is 0 Å². The van der Waals surface area contributed by atoms with Gasteiger partial charge >= 0.3 is 0 Å². The van der Waals surface area contributed by atoms with Crippen LogP contribution in [0.2, 0.25) is 0 Å². The average Bonchev–Trinajstić information content (AvgIpc) is 3.02. The summed E-state index contributed by atoms with van der Waals surface area (Å²) in [5, 5.41) is 3.15. The zero-order valence-corrected chi connectivity index (χ0v) is 18.4. The molecular formula is C24H29FN2O3S. The van der Waals surface area contributed by atoms with Gasteiger partial charge in [0.15, 0.2) is 0 Å². The van der Waals surface area contributed by atoms with Crippen molar-refractivity contribution in [3.8, 4) is 0 Å². The number of nitrogens with zero attached hydrogens (tertiary/aromatic N) is 1. The molecule has 1 aliphatic heterocycles. The number of halogens is 1. The molecular weight excluding hydrogens is 415 g/mol. The number of benzene rings is 2. The van der Waals surface area contributed by atoms with Gasteiger partial charge in [-0.05, 0) is 54.7 Å². The lowest BCUT2D eigenvalue weighted by atomic mass is 9.92. The summed E-state index contributed by atoms with van der Waals surface area (Å²) >= 11 is 0. The first-order valence-corrected chi connectivity index (χ1v) is 12.5. The van der Waals surface area contributed by atoms with E-state index >= 15 is 0 Å². The van der Waals surface area contributed by atoms with E-state index in [-0.39, 0.29) is 29.8 Å². The van der Waals surface area contributed by atoms with Crippen molar-refractivity contribution < 1.29 is 17.6 Å². The second kappa shape index (κ2) is 9.49. The Kier molecular flexibility index (Phi) is 6.72. The third kappa shape index (κ3) is 4.99. The number of hydrogen-bond acceptors (Lipinski definition) is 3. The Labute approximate surface area is 183 Å². The molecule has 7 heteroatoms. The molecule has 0 spiro atoms. The lowest BCUT2D eigenvalue weighted by molar-refractivity contribution is -0.122. The molecule has 0 bridgehead atoms. The number of hydrogen-bond donors (Lipinski definition) is 1. The fourth-order valence-electron chi connectivity index (χ4n) is 4.76. The summed E-state index contributed by atoms with van der Waals surface area (Å²) in [6.07, 6.45) is 7.24. The molecule has 1 aliphatic carbocycles. The molecule has 1 fully saturated rings. The highest BCUT2D eigenvalue weighted by molar-refractivity contribution is 7.89. The van der Waals surface area contributed by atoms with Gasteiger partial charge in [-0.25, -0.2) is 12.8 Å². The number of rotatable bonds is 5. The Morgan fingerprint density at radius 3 is 2.39 bits per heavy atom. The van der Waals surface area contributed by atoms with E-state index in [0.29, 0.717) is 6.42 Å². The number of amides is 1. The number of carbonyl (C=O) groups is 1. The van der Waals surface area contributed by atoms with Crippen molar-refractivity contribution in [1.29, 1.82) is 0 Å². The van der Waals surface area contributed by atoms with Crippen LogP contribution in [-0.4, -0.2) is 31.2 Å². The molecule has 5 nitrogen and oxygen atoms in total. The van der Waals surface area contributed by atoms with Crippen LogP contribution >= 0.6 is 0 Å². The minimum atomic E-state index is -3.87. The van der Waals surface area contributed by atoms with Crippen molar-refractivity contribution in [2.75, 3.05) is 6.54 Å². The van der Waals surface area contributed by atoms with Crippen molar-refractivity contribution >= 4 is 15.9 Å². The van der Waals surface area contributed by atoms with E-state index in [9.17, 15) is 17.6 Å². The fourth-order valence-corrected chi connectivity index (χ4v) is 6.36. The van der Waals surface area contributed by atoms with E-state index in [0.717, 1.165) is 48.9 Å². The average molecular weight is 445 g/mol. The number of carbonyl (C=O) groups excluding carboxylic acids is 1. The molecule has 0 unspecified atom stereocenters. The maximum absolute atomic E-state index is 13.4. The zero-order valence-electron chi connectivity index (χ0n) is 17.6. The van der Waals surface area contributed by atoms with Crippen LogP contribution in [0.5, 0.6) is 0 Å². The van der Waals surface area contributed by atoms with Gasteiger partial charge in [-0.1, -0.05) is 49.9 Å². The monoisotopic (exact) mass is 444 g/mol. The van der Waals surface area contributed by atoms with E-state index in [1.165, 1.54) is 29.3 Å². The lowest BCUT2D eigenvalue weighted by Crippen LogP contribution is -2.43. The van der Waals surface area contributed by atoms with Gasteiger partial charge in [-0.15, -0.1) is 0 Å². The first kappa shape index (κ1) is 22.0. The minimum Gasteiger partial charge on any atom is -0.353 e. The zero-order chi connectivity index (χ0) is 21.8. The third-order valence-electron chi connectivity index (χ3n) is 6.38.